The van der Waals surface area contributed by atoms with Gasteiger partial charge >= 0.3 is 5.97 Å². The van der Waals surface area contributed by atoms with Crippen LogP contribution in [0.25, 0.3) is 6.08 Å². The Bertz CT molecular complexity index is 432. The molecule has 0 radical (unpaired) electrons. The van der Waals surface area contributed by atoms with Crippen molar-refractivity contribution in [3.63, 3.8) is 0 Å². The number of benzene rings is 1. The Morgan fingerprint density at radius 3 is 2.93 bits per heavy atom. The fraction of sp³-hybridized carbons (Fsp3) is 0.250. The molecular formula is C12H12O3. The second kappa shape index (κ2) is 3.77. The predicted molar refractivity (Wildman–Crippen MR) is 56.7 cm³/mol. The Kier molecular flexibility index (Phi) is 2.46. The molecule has 0 bridgehead atoms. The van der Waals surface area contributed by atoms with Gasteiger partial charge in [-0.1, -0.05) is 17.7 Å². The summed E-state index contributed by atoms with van der Waals surface area (Å²) in [6.07, 6.45) is 3.53. The van der Waals surface area contributed by atoms with Crippen molar-refractivity contribution in [1.82, 2.24) is 0 Å². The minimum atomic E-state index is -0.769. The van der Waals surface area contributed by atoms with Crippen LogP contribution < -0.4 is 0 Å². The van der Waals surface area contributed by atoms with E-state index < -0.39 is 5.97 Å². The molecule has 1 aliphatic rings. The van der Waals surface area contributed by atoms with E-state index in [4.69, 9.17) is 5.11 Å². The van der Waals surface area contributed by atoms with Crippen LogP contribution in [0.4, 0.5) is 0 Å². The lowest BCUT2D eigenvalue weighted by Gasteiger charge is -1.99. The summed E-state index contributed by atoms with van der Waals surface area (Å²) < 4.78 is 0. The molecule has 0 atom stereocenters. The van der Waals surface area contributed by atoms with Crippen molar-refractivity contribution in [2.24, 2.45) is 0 Å². The maximum atomic E-state index is 10.4. The van der Waals surface area contributed by atoms with Crippen LogP contribution in [0.2, 0.25) is 0 Å². The van der Waals surface area contributed by atoms with Crippen LogP contribution in [0.3, 0.4) is 0 Å². The van der Waals surface area contributed by atoms with Crippen LogP contribution in [0.5, 0.6) is 5.75 Å². The molecule has 1 aromatic rings. The van der Waals surface area contributed by atoms with Crippen molar-refractivity contribution in [3.05, 3.63) is 34.9 Å². The average Bonchev–Trinajstić information content (AvgIpc) is 2.56. The van der Waals surface area contributed by atoms with Crippen LogP contribution in [-0.2, 0) is 11.2 Å². The lowest BCUT2D eigenvalue weighted by Crippen LogP contribution is -1.95. The number of phenolic OH excluding ortho intramolecular Hbond substituents is 1. The summed E-state index contributed by atoms with van der Waals surface area (Å²) >= 11 is 0. The number of carboxylic acid groups (broad SMARTS) is 1. The summed E-state index contributed by atoms with van der Waals surface area (Å²) in [5.74, 6) is -0.503. The first-order valence-corrected chi connectivity index (χ1v) is 4.88. The highest BCUT2D eigenvalue weighted by Gasteiger charge is 2.13. The molecule has 0 aliphatic heterocycles. The van der Waals surface area contributed by atoms with Gasteiger partial charge in [0.2, 0.25) is 0 Å². The zero-order valence-corrected chi connectivity index (χ0v) is 8.23. The highest BCUT2D eigenvalue weighted by molar-refractivity contribution is 5.69. The monoisotopic (exact) mass is 204 g/mol. The number of rotatable bonds is 3. The minimum absolute atomic E-state index is 0.172. The Labute approximate surface area is 87.7 Å². The van der Waals surface area contributed by atoms with Gasteiger partial charge in [0.05, 0.1) is 0 Å². The van der Waals surface area contributed by atoms with Crippen LogP contribution in [0.15, 0.2) is 23.8 Å². The van der Waals surface area contributed by atoms with Gasteiger partial charge in [-0.3, -0.25) is 4.79 Å². The van der Waals surface area contributed by atoms with Gasteiger partial charge in [-0.25, -0.2) is 0 Å². The molecule has 0 amide bonds. The fourth-order valence-corrected chi connectivity index (χ4v) is 1.83. The fourth-order valence-electron chi connectivity index (χ4n) is 1.83. The van der Waals surface area contributed by atoms with E-state index >= 15 is 0 Å². The molecule has 0 unspecified atom stereocenters. The summed E-state index contributed by atoms with van der Waals surface area (Å²) in [6.45, 7) is 0. The molecule has 15 heavy (non-hydrogen) atoms. The second-order valence-electron chi connectivity index (χ2n) is 3.76. The number of phenols is 1. The van der Waals surface area contributed by atoms with Gasteiger partial charge in [0.1, 0.15) is 5.75 Å². The largest absolute Gasteiger partial charge is 0.508 e. The first-order valence-electron chi connectivity index (χ1n) is 4.88. The number of carboxylic acids is 1. The quantitative estimate of drug-likeness (QED) is 0.793. The Balaban J connectivity index is 2.08. The molecular weight excluding hydrogens is 192 g/mol. The summed E-state index contributed by atoms with van der Waals surface area (Å²) in [6, 6.07) is 5.24. The number of hydrogen-bond donors (Lipinski definition) is 2. The molecule has 0 spiro atoms. The lowest BCUT2D eigenvalue weighted by molar-refractivity contribution is -0.136. The molecule has 0 aromatic heterocycles. The third-order valence-corrected chi connectivity index (χ3v) is 2.56. The first kappa shape index (κ1) is 9.77. The number of aliphatic carboxylic acids is 1. The molecule has 2 N–H and O–H groups in total. The van der Waals surface area contributed by atoms with Crippen LogP contribution in [-0.4, -0.2) is 16.2 Å². The molecule has 0 fully saturated rings. The standard InChI is InChI=1S/C12H12O3/c13-11-3-2-9-5-8(1-4-12(14)15)6-10(9)7-11/h2-3,5,7,13H,1,4,6H2,(H,14,15). The summed E-state index contributed by atoms with van der Waals surface area (Å²) in [7, 11) is 0. The highest BCUT2D eigenvalue weighted by Crippen LogP contribution is 2.29. The molecule has 78 valence electrons. The number of allylic oxidation sites excluding steroid dienone is 1. The predicted octanol–water partition coefficient (Wildman–Crippen LogP) is 2.20. The van der Waals surface area contributed by atoms with E-state index in [-0.39, 0.29) is 12.2 Å². The van der Waals surface area contributed by atoms with Gasteiger partial charge in [-0.2, -0.15) is 0 Å². The van der Waals surface area contributed by atoms with Gasteiger partial charge in [0.15, 0.2) is 0 Å². The number of carbonyl (C=O) groups is 1. The number of aromatic hydroxyl groups is 1. The van der Waals surface area contributed by atoms with E-state index in [1.807, 2.05) is 12.1 Å². The van der Waals surface area contributed by atoms with E-state index in [1.165, 1.54) is 0 Å². The van der Waals surface area contributed by atoms with Gasteiger partial charge in [0.25, 0.3) is 0 Å². The maximum Gasteiger partial charge on any atom is 0.303 e. The number of hydrogen-bond acceptors (Lipinski definition) is 2. The third-order valence-electron chi connectivity index (χ3n) is 2.56. The van der Waals surface area contributed by atoms with E-state index in [0.717, 1.165) is 23.1 Å². The molecule has 3 heteroatoms. The average molecular weight is 204 g/mol. The lowest BCUT2D eigenvalue weighted by atomic mass is 10.1. The molecule has 0 saturated carbocycles. The summed E-state index contributed by atoms with van der Waals surface area (Å²) in [4.78, 5) is 10.4. The van der Waals surface area contributed by atoms with E-state index in [1.54, 1.807) is 12.1 Å². The minimum Gasteiger partial charge on any atom is -0.508 e. The Morgan fingerprint density at radius 1 is 1.40 bits per heavy atom. The van der Waals surface area contributed by atoms with Crippen molar-refractivity contribution in [3.8, 4) is 5.75 Å². The van der Waals surface area contributed by atoms with Crippen molar-refractivity contribution >= 4 is 12.0 Å². The second-order valence-corrected chi connectivity index (χ2v) is 3.76. The molecule has 3 nitrogen and oxygen atoms in total. The van der Waals surface area contributed by atoms with Gasteiger partial charge in [0, 0.05) is 6.42 Å². The van der Waals surface area contributed by atoms with Gasteiger partial charge in [-0.15, -0.1) is 0 Å². The molecule has 0 saturated heterocycles. The summed E-state index contributed by atoms with van der Waals surface area (Å²) in [5.41, 5.74) is 3.29. The van der Waals surface area contributed by atoms with Crippen LogP contribution in [0, 0.1) is 0 Å². The van der Waals surface area contributed by atoms with Crippen molar-refractivity contribution in [2.45, 2.75) is 19.3 Å². The van der Waals surface area contributed by atoms with Gasteiger partial charge in [-0.05, 0) is 36.1 Å². The Morgan fingerprint density at radius 2 is 2.20 bits per heavy atom. The number of fused-ring (bicyclic) bond motifs is 1. The zero-order valence-electron chi connectivity index (χ0n) is 8.23. The van der Waals surface area contributed by atoms with Crippen molar-refractivity contribution in [1.29, 1.82) is 0 Å². The molecule has 2 rings (SSSR count). The maximum absolute atomic E-state index is 10.4. The molecule has 1 aromatic carbocycles. The smallest absolute Gasteiger partial charge is 0.303 e. The molecule has 1 aliphatic carbocycles. The van der Waals surface area contributed by atoms with E-state index in [0.29, 0.717) is 6.42 Å². The van der Waals surface area contributed by atoms with Crippen LogP contribution >= 0.6 is 0 Å². The Hall–Kier alpha value is -1.77. The van der Waals surface area contributed by atoms with Gasteiger partial charge < -0.3 is 10.2 Å². The first-order chi connectivity index (χ1) is 7.15. The van der Waals surface area contributed by atoms with Crippen molar-refractivity contribution in [2.75, 3.05) is 0 Å². The normalized spacial score (nSPS) is 13.5. The van der Waals surface area contributed by atoms with Crippen LogP contribution in [0.1, 0.15) is 24.0 Å². The molecule has 0 heterocycles. The summed E-state index contributed by atoms with van der Waals surface area (Å²) in [5, 5.41) is 17.9. The third kappa shape index (κ3) is 2.18. The highest BCUT2D eigenvalue weighted by atomic mass is 16.4. The topological polar surface area (TPSA) is 57.5 Å². The SMILES string of the molecule is O=C(O)CCC1=Cc2ccc(O)cc2C1. The van der Waals surface area contributed by atoms with Crippen molar-refractivity contribution < 1.29 is 15.0 Å². The van der Waals surface area contributed by atoms with E-state index in [2.05, 4.69) is 0 Å². The van der Waals surface area contributed by atoms with E-state index in [9.17, 15) is 9.90 Å². The zero-order chi connectivity index (χ0) is 10.8.